The number of carbonyl (C=O) groups excluding carboxylic acids is 2. The van der Waals surface area contributed by atoms with Crippen LogP contribution in [-0.2, 0) is 9.59 Å². The molecule has 2 aliphatic rings. The molecule has 1 saturated heterocycles. The van der Waals surface area contributed by atoms with Crippen molar-refractivity contribution in [1.82, 2.24) is 15.1 Å². The molecule has 3 heterocycles. The summed E-state index contributed by atoms with van der Waals surface area (Å²) in [5.41, 5.74) is 3.76. The number of rotatable bonds is 5. The summed E-state index contributed by atoms with van der Waals surface area (Å²) in [7, 11) is 0. The molecule has 8 heteroatoms. The third-order valence-electron chi connectivity index (χ3n) is 5.93. The molecule has 1 aromatic carbocycles. The second-order valence-corrected chi connectivity index (χ2v) is 7.60. The Morgan fingerprint density at radius 3 is 2.55 bits per heavy atom. The second-order valence-electron chi connectivity index (χ2n) is 7.60. The van der Waals surface area contributed by atoms with Crippen LogP contribution in [0.25, 0.3) is 5.57 Å². The van der Waals surface area contributed by atoms with Crippen molar-refractivity contribution in [2.75, 3.05) is 0 Å². The number of H-pyrrole nitrogens is 1. The Hall–Kier alpha value is -1.93. The Balaban J connectivity index is 0.00000240. The van der Waals surface area contributed by atoms with Crippen molar-refractivity contribution >= 4 is 17.4 Å². The summed E-state index contributed by atoms with van der Waals surface area (Å²) in [4.78, 5) is 25.6. The largest absolute Gasteiger partial charge is 1.00 e. The number of aromatic amines is 1. The van der Waals surface area contributed by atoms with Gasteiger partial charge < -0.3 is 19.9 Å². The number of aromatic nitrogens is 2. The van der Waals surface area contributed by atoms with Gasteiger partial charge in [-0.1, -0.05) is 37.3 Å². The van der Waals surface area contributed by atoms with E-state index in [-0.39, 0.29) is 53.1 Å². The standard InChI is InChI=1S/C21H23N3O4.Na/c1-10(13-7-5-4-6-8-13)16-11(2)22-23-18(16)14-9-15-17(12(3)25)20(26)24(15)19(14)21(27)28;/h4-8,10,12,15,17,25H,9H2,1-3H3,(H,22,23)(H,27,28);/q;+1/p-1/t10?,12-,15-,17-;/m1./s1. The number of aliphatic hydroxyl groups is 1. The Morgan fingerprint density at radius 2 is 1.97 bits per heavy atom. The van der Waals surface area contributed by atoms with E-state index in [0.29, 0.717) is 17.7 Å². The predicted octanol–water partition coefficient (Wildman–Crippen LogP) is -2.05. The molecular formula is C21H22N3NaO4. The van der Waals surface area contributed by atoms with E-state index in [1.165, 1.54) is 4.90 Å². The third kappa shape index (κ3) is 3.36. The first-order valence-corrected chi connectivity index (χ1v) is 9.38. The fourth-order valence-electron chi connectivity index (χ4n) is 4.58. The molecule has 0 bridgehead atoms. The predicted molar refractivity (Wildman–Crippen MR) is 99.6 cm³/mol. The average Bonchev–Trinajstić information content (AvgIpc) is 3.19. The molecule has 1 fully saturated rings. The number of carboxylic acids is 1. The van der Waals surface area contributed by atoms with Crippen LogP contribution in [0.5, 0.6) is 0 Å². The Labute approximate surface area is 191 Å². The number of benzene rings is 1. The van der Waals surface area contributed by atoms with Gasteiger partial charge in [0, 0.05) is 22.7 Å². The summed E-state index contributed by atoms with van der Waals surface area (Å²) in [6, 6.07) is 9.53. The van der Waals surface area contributed by atoms with Crippen LogP contribution in [0.15, 0.2) is 36.0 Å². The Kier molecular flexibility index (Phi) is 6.06. The molecule has 0 aliphatic carbocycles. The minimum absolute atomic E-state index is 0. The van der Waals surface area contributed by atoms with E-state index in [4.69, 9.17) is 0 Å². The smallest absolute Gasteiger partial charge is 0.543 e. The number of amides is 1. The number of aliphatic carboxylic acids is 1. The quantitative estimate of drug-likeness (QED) is 0.441. The molecule has 2 N–H and O–H groups in total. The zero-order chi connectivity index (χ0) is 20.2. The van der Waals surface area contributed by atoms with Gasteiger partial charge in [-0.05, 0) is 25.8 Å². The van der Waals surface area contributed by atoms with Crippen LogP contribution >= 0.6 is 0 Å². The van der Waals surface area contributed by atoms with Gasteiger partial charge in [0.2, 0.25) is 5.91 Å². The van der Waals surface area contributed by atoms with Gasteiger partial charge >= 0.3 is 29.6 Å². The normalized spacial score (nSPS) is 22.6. The number of carboxylic acid groups (broad SMARTS) is 1. The van der Waals surface area contributed by atoms with Crippen molar-refractivity contribution in [3.63, 3.8) is 0 Å². The zero-order valence-corrected chi connectivity index (χ0v) is 19.0. The van der Waals surface area contributed by atoms with E-state index in [2.05, 4.69) is 10.2 Å². The molecule has 1 aromatic heterocycles. The van der Waals surface area contributed by atoms with Gasteiger partial charge in [-0.15, -0.1) is 0 Å². The molecule has 2 aliphatic heterocycles. The fraction of sp³-hybridized carbons (Fsp3) is 0.381. The van der Waals surface area contributed by atoms with Gasteiger partial charge in [-0.2, -0.15) is 5.10 Å². The van der Waals surface area contributed by atoms with Crippen molar-refractivity contribution < 1.29 is 49.4 Å². The van der Waals surface area contributed by atoms with Gasteiger partial charge in [0.25, 0.3) is 0 Å². The number of nitrogens with one attached hydrogen (secondary N) is 1. The van der Waals surface area contributed by atoms with Crippen molar-refractivity contribution in [2.24, 2.45) is 5.92 Å². The molecule has 0 saturated carbocycles. The number of hydrogen-bond acceptors (Lipinski definition) is 5. The SMILES string of the molecule is Cc1[nH]nc(C2=C(C(=O)[O-])N3C(=O)[C@H]([C@@H](C)O)[C@H]3C2)c1C(C)c1ccccc1.[Na+]. The van der Waals surface area contributed by atoms with E-state index >= 15 is 0 Å². The molecular weight excluding hydrogens is 381 g/mol. The number of aliphatic hydroxyl groups excluding tert-OH is 1. The van der Waals surface area contributed by atoms with E-state index in [9.17, 15) is 19.8 Å². The van der Waals surface area contributed by atoms with E-state index in [1.807, 2.05) is 44.2 Å². The van der Waals surface area contributed by atoms with Gasteiger partial charge in [0.1, 0.15) is 0 Å². The number of nitrogens with zero attached hydrogens (tertiary/aromatic N) is 2. The minimum atomic E-state index is -1.39. The number of hydrogen-bond donors (Lipinski definition) is 2. The maximum atomic E-state index is 12.4. The van der Waals surface area contributed by atoms with Crippen LogP contribution in [0.2, 0.25) is 0 Å². The molecule has 4 rings (SSSR count). The third-order valence-corrected chi connectivity index (χ3v) is 5.93. The molecule has 146 valence electrons. The molecule has 2 aromatic rings. The van der Waals surface area contributed by atoms with Crippen molar-refractivity contribution in [2.45, 2.75) is 45.3 Å². The Morgan fingerprint density at radius 1 is 1.31 bits per heavy atom. The zero-order valence-electron chi connectivity index (χ0n) is 17.0. The van der Waals surface area contributed by atoms with Gasteiger partial charge in [0.05, 0.1) is 35.4 Å². The average molecular weight is 403 g/mol. The topological polar surface area (TPSA) is 109 Å². The first kappa shape index (κ1) is 21.8. The summed E-state index contributed by atoms with van der Waals surface area (Å²) in [5.74, 6) is -2.38. The van der Waals surface area contributed by atoms with Crippen LogP contribution in [-0.4, -0.2) is 44.2 Å². The van der Waals surface area contributed by atoms with Crippen LogP contribution in [0.3, 0.4) is 0 Å². The summed E-state index contributed by atoms with van der Waals surface area (Å²) < 4.78 is 0. The first-order chi connectivity index (χ1) is 13.3. The molecule has 1 unspecified atom stereocenters. The van der Waals surface area contributed by atoms with E-state index in [0.717, 1.165) is 16.8 Å². The molecule has 7 nitrogen and oxygen atoms in total. The Bertz CT molecular complexity index is 983. The van der Waals surface area contributed by atoms with Gasteiger partial charge in [-0.25, -0.2) is 0 Å². The molecule has 1 amide bonds. The summed E-state index contributed by atoms with van der Waals surface area (Å²) in [6.45, 7) is 5.50. The molecule has 29 heavy (non-hydrogen) atoms. The minimum Gasteiger partial charge on any atom is -0.543 e. The second kappa shape index (κ2) is 8.07. The first-order valence-electron chi connectivity index (χ1n) is 9.38. The number of fused-ring (bicyclic) bond motifs is 1. The maximum absolute atomic E-state index is 12.4. The molecule has 4 atom stereocenters. The number of β-lactam (4-membered cyclic amide) rings is 1. The number of aryl methyl sites for hydroxylation is 1. The van der Waals surface area contributed by atoms with Crippen LogP contribution < -0.4 is 34.7 Å². The van der Waals surface area contributed by atoms with Crippen LogP contribution in [0.1, 0.15) is 48.7 Å². The molecule has 0 spiro atoms. The van der Waals surface area contributed by atoms with Crippen LogP contribution in [0.4, 0.5) is 0 Å². The van der Waals surface area contributed by atoms with Crippen molar-refractivity contribution in [3.05, 3.63) is 58.5 Å². The summed E-state index contributed by atoms with van der Waals surface area (Å²) >= 11 is 0. The van der Waals surface area contributed by atoms with Gasteiger partial charge in [-0.3, -0.25) is 9.89 Å². The van der Waals surface area contributed by atoms with Crippen molar-refractivity contribution in [1.29, 1.82) is 0 Å². The van der Waals surface area contributed by atoms with E-state index in [1.54, 1.807) is 6.92 Å². The van der Waals surface area contributed by atoms with Crippen molar-refractivity contribution in [3.8, 4) is 0 Å². The van der Waals surface area contributed by atoms with Gasteiger partial charge in [0.15, 0.2) is 0 Å². The molecule has 0 radical (unpaired) electrons. The van der Waals surface area contributed by atoms with Crippen LogP contribution in [0, 0.1) is 12.8 Å². The summed E-state index contributed by atoms with van der Waals surface area (Å²) in [6.07, 6.45) is -0.497. The fourth-order valence-corrected chi connectivity index (χ4v) is 4.58. The number of carbonyl (C=O) groups is 2. The summed E-state index contributed by atoms with van der Waals surface area (Å²) in [5, 5.41) is 29.2. The van der Waals surface area contributed by atoms with E-state index < -0.39 is 18.0 Å². The monoisotopic (exact) mass is 403 g/mol. The maximum Gasteiger partial charge on any atom is 1.00 e.